The van der Waals surface area contributed by atoms with E-state index in [1.807, 2.05) is 36.4 Å². The predicted octanol–water partition coefficient (Wildman–Crippen LogP) is 5.35. The first kappa shape index (κ1) is 21.8. The van der Waals surface area contributed by atoms with Crippen molar-refractivity contribution in [1.29, 1.82) is 0 Å². The molecule has 1 N–H and O–H groups in total. The van der Waals surface area contributed by atoms with E-state index in [1.165, 1.54) is 12.1 Å². The average molecular weight is 482 g/mol. The third-order valence-corrected chi connectivity index (χ3v) is 5.96. The molecule has 9 heteroatoms. The number of hydrogen-bond acceptors (Lipinski definition) is 6. The van der Waals surface area contributed by atoms with Crippen LogP contribution < -0.4 is 0 Å². The van der Waals surface area contributed by atoms with Crippen molar-refractivity contribution >= 4 is 6.21 Å². The summed E-state index contributed by atoms with van der Waals surface area (Å²) in [5.41, 5.74) is 5.30. The highest BCUT2D eigenvalue weighted by atomic mass is 19.2. The first-order valence-electron chi connectivity index (χ1n) is 11.4. The fourth-order valence-corrected chi connectivity index (χ4v) is 4.13. The van der Waals surface area contributed by atoms with E-state index in [9.17, 15) is 8.78 Å². The summed E-state index contributed by atoms with van der Waals surface area (Å²) in [6, 6.07) is 20.0. The van der Waals surface area contributed by atoms with E-state index in [0.717, 1.165) is 40.7 Å². The van der Waals surface area contributed by atoms with Crippen LogP contribution in [0.3, 0.4) is 0 Å². The molecular weight excluding hydrogens is 462 g/mol. The minimum absolute atomic E-state index is 0.0790. The minimum Gasteiger partial charge on any atom is -0.359 e. The maximum absolute atomic E-state index is 14.2. The van der Waals surface area contributed by atoms with Crippen molar-refractivity contribution in [2.75, 3.05) is 0 Å². The number of rotatable bonds is 6. The molecule has 0 radical (unpaired) electrons. The predicted molar refractivity (Wildman–Crippen MR) is 130 cm³/mol. The van der Waals surface area contributed by atoms with Gasteiger partial charge in [-0.1, -0.05) is 41.6 Å². The lowest BCUT2D eigenvalue weighted by Crippen LogP contribution is -2.21. The Morgan fingerprint density at radius 3 is 2.72 bits per heavy atom. The van der Waals surface area contributed by atoms with Gasteiger partial charge in [0.2, 0.25) is 0 Å². The molecule has 0 saturated carbocycles. The van der Waals surface area contributed by atoms with E-state index >= 15 is 0 Å². The van der Waals surface area contributed by atoms with E-state index in [4.69, 9.17) is 4.52 Å². The number of nitrogens with zero attached hydrogens (tertiary/aromatic N) is 5. The van der Waals surface area contributed by atoms with Crippen LogP contribution in [-0.4, -0.2) is 31.3 Å². The second kappa shape index (κ2) is 9.18. The van der Waals surface area contributed by atoms with Gasteiger partial charge in [0.15, 0.2) is 17.4 Å². The lowest BCUT2D eigenvalue weighted by molar-refractivity contribution is 0.229. The second-order valence-electron chi connectivity index (χ2n) is 8.49. The molecule has 3 aromatic heterocycles. The van der Waals surface area contributed by atoms with Gasteiger partial charge in [-0.25, -0.2) is 13.8 Å². The van der Waals surface area contributed by atoms with Gasteiger partial charge in [0.05, 0.1) is 30.6 Å². The van der Waals surface area contributed by atoms with Crippen LogP contribution in [0.1, 0.15) is 28.4 Å². The summed E-state index contributed by atoms with van der Waals surface area (Å²) in [6.07, 6.45) is 4.15. The van der Waals surface area contributed by atoms with Gasteiger partial charge < -0.3 is 9.51 Å². The Bertz CT molecular complexity index is 1540. The highest BCUT2D eigenvalue weighted by molar-refractivity contribution is 5.80. The monoisotopic (exact) mass is 482 g/mol. The summed E-state index contributed by atoms with van der Waals surface area (Å²) in [4.78, 5) is 11.8. The van der Waals surface area contributed by atoms with Gasteiger partial charge in [0.1, 0.15) is 17.2 Å². The summed E-state index contributed by atoms with van der Waals surface area (Å²) in [6.45, 7) is 0.803. The molecule has 0 saturated heterocycles. The summed E-state index contributed by atoms with van der Waals surface area (Å²) in [5, 5.41) is 10.4. The molecule has 36 heavy (non-hydrogen) atoms. The summed E-state index contributed by atoms with van der Waals surface area (Å²) < 4.78 is 33.3. The minimum atomic E-state index is -0.934. The summed E-state index contributed by atoms with van der Waals surface area (Å²) in [5.74, 6) is -0.935. The molecule has 5 aromatic rings. The number of fused-ring (bicyclic) bond motifs is 1. The van der Waals surface area contributed by atoms with Crippen LogP contribution in [0, 0.1) is 11.6 Å². The molecular formula is C27H20F2N6O. The average Bonchev–Trinajstić information content (AvgIpc) is 3.54. The van der Waals surface area contributed by atoms with Crippen molar-refractivity contribution in [2.45, 2.75) is 19.5 Å². The second-order valence-corrected chi connectivity index (χ2v) is 8.49. The van der Waals surface area contributed by atoms with Gasteiger partial charge in [-0.05, 0) is 29.8 Å². The maximum Gasteiger partial charge on any atom is 0.169 e. The molecule has 6 rings (SSSR count). The Morgan fingerprint density at radius 1 is 1.00 bits per heavy atom. The Morgan fingerprint density at radius 2 is 1.89 bits per heavy atom. The van der Waals surface area contributed by atoms with Crippen LogP contribution in [0.5, 0.6) is 0 Å². The van der Waals surface area contributed by atoms with E-state index in [-0.39, 0.29) is 11.4 Å². The Labute approximate surface area is 205 Å². The zero-order valence-electron chi connectivity index (χ0n) is 19.0. The maximum atomic E-state index is 14.2. The number of pyridine rings is 1. The van der Waals surface area contributed by atoms with Crippen LogP contribution in [0.15, 0.2) is 82.6 Å². The first-order chi connectivity index (χ1) is 17.6. The Hall–Kier alpha value is -4.66. The Balaban J connectivity index is 1.12. The fourth-order valence-electron chi connectivity index (χ4n) is 4.13. The van der Waals surface area contributed by atoms with Gasteiger partial charge in [-0.15, -0.1) is 0 Å². The molecule has 178 valence electrons. The zero-order chi connectivity index (χ0) is 24.5. The molecule has 0 spiro atoms. The van der Waals surface area contributed by atoms with E-state index in [2.05, 4.69) is 37.3 Å². The zero-order valence-corrected chi connectivity index (χ0v) is 19.0. The summed E-state index contributed by atoms with van der Waals surface area (Å²) in [7, 11) is 0. The van der Waals surface area contributed by atoms with Crippen LogP contribution in [-0.2, 0) is 19.5 Å². The van der Waals surface area contributed by atoms with Gasteiger partial charge >= 0.3 is 0 Å². The largest absolute Gasteiger partial charge is 0.359 e. The lowest BCUT2D eigenvalue weighted by Gasteiger charge is -2.19. The normalized spacial score (nSPS) is 12.7. The molecule has 0 unspecified atom stereocenters. The van der Waals surface area contributed by atoms with Crippen molar-refractivity contribution in [3.8, 4) is 22.6 Å². The van der Waals surface area contributed by atoms with Crippen molar-refractivity contribution in [2.24, 2.45) is 5.10 Å². The van der Waals surface area contributed by atoms with E-state index in [1.54, 1.807) is 17.4 Å². The quantitative estimate of drug-likeness (QED) is 0.353. The van der Waals surface area contributed by atoms with Crippen LogP contribution >= 0.6 is 0 Å². The number of hydrogen-bond donors (Lipinski definition) is 1. The highest BCUT2D eigenvalue weighted by Crippen LogP contribution is 2.26. The molecule has 2 aromatic carbocycles. The number of nitrogens with one attached hydrogen (secondary N) is 1. The molecule has 0 aliphatic carbocycles. The lowest BCUT2D eigenvalue weighted by atomic mass is 10.1. The molecule has 0 atom stereocenters. The number of aromatic amines is 1. The SMILES string of the molecule is Fc1cccc(-c2nc3c([nH]2)CN(Cc2cc(-c4ccc(Cc5ccccn5)cc4)no2)N=C3)c1F. The third kappa shape index (κ3) is 4.38. The molecule has 7 nitrogen and oxygen atoms in total. The summed E-state index contributed by atoms with van der Waals surface area (Å²) >= 11 is 0. The van der Waals surface area contributed by atoms with Crippen molar-refractivity contribution in [3.63, 3.8) is 0 Å². The van der Waals surface area contributed by atoms with Crippen LogP contribution in [0.2, 0.25) is 0 Å². The molecule has 0 bridgehead atoms. The van der Waals surface area contributed by atoms with Gasteiger partial charge in [0, 0.05) is 29.9 Å². The smallest absolute Gasteiger partial charge is 0.169 e. The van der Waals surface area contributed by atoms with Crippen molar-refractivity contribution in [1.82, 2.24) is 25.1 Å². The van der Waals surface area contributed by atoms with Crippen molar-refractivity contribution < 1.29 is 13.3 Å². The molecule has 4 heterocycles. The number of H-pyrrole nitrogens is 1. The topological polar surface area (TPSA) is 83.2 Å². The number of aromatic nitrogens is 4. The number of benzene rings is 2. The molecule has 1 aliphatic heterocycles. The molecule has 0 fully saturated rings. The third-order valence-electron chi connectivity index (χ3n) is 5.96. The first-order valence-corrected chi connectivity index (χ1v) is 11.4. The van der Waals surface area contributed by atoms with Gasteiger partial charge in [0.25, 0.3) is 0 Å². The molecule has 0 amide bonds. The van der Waals surface area contributed by atoms with Crippen LogP contribution in [0.4, 0.5) is 8.78 Å². The van der Waals surface area contributed by atoms with Gasteiger partial charge in [-0.2, -0.15) is 5.10 Å². The number of imidazole rings is 1. The Kier molecular flexibility index (Phi) is 5.57. The number of halogens is 2. The fraction of sp³-hybridized carbons (Fsp3) is 0.111. The standard InChI is InChI=1S/C27H20F2N6O/c28-22-6-3-5-21(26(22)29)27-32-24-14-31-35(16-25(24)33-27)15-20-13-23(34-36-20)18-9-7-17(8-10-18)12-19-4-1-2-11-30-19/h1-11,13-14H,12,15-16H2,(H,32,33). The van der Waals surface area contributed by atoms with Crippen molar-refractivity contribution in [3.05, 3.63) is 113 Å². The van der Waals surface area contributed by atoms with Gasteiger partial charge in [-0.3, -0.25) is 9.99 Å². The van der Waals surface area contributed by atoms with E-state index < -0.39 is 11.6 Å². The highest BCUT2D eigenvalue weighted by Gasteiger charge is 2.21. The molecule has 1 aliphatic rings. The number of hydrazone groups is 1. The van der Waals surface area contributed by atoms with E-state index in [0.29, 0.717) is 24.5 Å². The van der Waals surface area contributed by atoms with Crippen LogP contribution in [0.25, 0.3) is 22.6 Å².